The van der Waals surface area contributed by atoms with Gasteiger partial charge in [0.1, 0.15) is 11.6 Å². The van der Waals surface area contributed by atoms with Crippen molar-refractivity contribution in [2.45, 2.75) is 19.4 Å². The van der Waals surface area contributed by atoms with Gasteiger partial charge < -0.3 is 5.32 Å². The summed E-state index contributed by atoms with van der Waals surface area (Å²) in [7, 11) is 0. The number of hydrogen-bond acceptors (Lipinski definition) is 1. The monoisotopic (exact) mass is 465 g/mol. The molecule has 2 aromatic rings. The first-order valence-electron chi connectivity index (χ1n) is 6.63. The van der Waals surface area contributed by atoms with Gasteiger partial charge in [-0.2, -0.15) is 0 Å². The van der Waals surface area contributed by atoms with Crippen molar-refractivity contribution < 1.29 is 8.78 Å². The number of likely N-dealkylation sites (N-methyl/N-ethyl adjacent to an activating group) is 1. The third-order valence-electron chi connectivity index (χ3n) is 3.23. The Morgan fingerprint density at radius 1 is 1.14 bits per heavy atom. The van der Waals surface area contributed by atoms with E-state index in [1.165, 1.54) is 24.3 Å². The fourth-order valence-corrected chi connectivity index (χ4v) is 3.60. The summed E-state index contributed by atoms with van der Waals surface area (Å²) in [5, 5.41) is 3.41. The van der Waals surface area contributed by atoms with Gasteiger partial charge in [0.15, 0.2) is 0 Å². The molecule has 0 aliphatic heterocycles. The number of nitrogens with one attached hydrogen (secondary N) is 1. The van der Waals surface area contributed by atoms with E-state index in [1.807, 2.05) is 13.0 Å². The minimum atomic E-state index is -0.262. The Morgan fingerprint density at radius 3 is 2.43 bits per heavy atom. The highest BCUT2D eigenvalue weighted by atomic mass is 127. The van der Waals surface area contributed by atoms with Crippen LogP contribution >= 0.6 is 38.5 Å². The minimum absolute atomic E-state index is 0.0595. The van der Waals surface area contributed by atoms with Crippen molar-refractivity contribution in [3.63, 3.8) is 0 Å². The first-order chi connectivity index (χ1) is 10.0. The summed E-state index contributed by atoms with van der Waals surface area (Å²) in [5.74, 6) is -0.497. The van der Waals surface area contributed by atoms with E-state index in [2.05, 4.69) is 43.8 Å². The van der Waals surface area contributed by atoms with E-state index in [4.69, 9.17) is 0 Å². The summed E-state index contributed by atoms with van der Waals surface area (Å²) in [6, 6.07) is 9.57. The van der Waals surface area contributed by atoms with E-state index in [-0.39, 0.29) is 17.7 Å². The second-order valence-corrected chi connectivity index (χ2v) is 6.73. The smallest absolute Gasteiger partial charge is 0.124 e. The maximum atomic E-state index is 13.3. The van der Waals surface area contributed by atoms with Gasteiger partial charge in [-0.15, -0.1) is 0 Å². The fourth-order valence-electron chi connectivity index (χ4n) is 2.23. The molecular formula is C16H15BrF2IN. The van der Waals surface area contributed by atoms with Crippen LogP contribution in [0.4, 0.5) is 8.78 Å². The van der Waals surface area contributed by atoms with Crippen LogP contribution in [0.25, 0.3) is 0 Å². The van der Waals surface area contributed by atoms with Gasteiger partial charge in [0, 0.05) is 14.1 Å². The van der Waals surface area contributed by atoms with Gasteiger partial charge >= 0.3 is 0 Å². The van der Waals surface area contributed by atoms with Crippen molar-refractivity contribution in [2.24, 2.45) is 0 Å². The van der Waals surface area contributed by atoms with Crippen molar-refractivity contribution in [1.29, 1.82) is 0 Å². The molecule has 1 unspecified atom stereocenters. The Bertz CT molecular complexity index is 634. The molecule has 2 rings (SSSR count). The SMILES string of the molecule is CCNC(Cc1ccc(F)cc1Br)c1ccc(F)cc1I. The molecular weight excluding hydrogens is 451 g/mol. The number of halogens is 4. The van der Waals surface area contributed by atoms with Crippen LogP contribution in [0, 0.1) is 15.2 Å². The van der Waals surface area contributed by atoms with Crippen molar-refractivity contribution in [3.05, 3.63) is 67.2 Å². The molecule has 0 heterocycles. The second kappa shape index (κ2) is 7.65. The van der Waals surface area contributed by atoms with E-state index in [0.717, 1.165) is 25.7 Å². The summed E-state index contributed by atoms with van der Waals surface area (Å²) in [6.45, 7) is 2.83. The van der Waals surface area contributed by atoms with Crippen molar-refractivity contribution in [2.75, 3.05) is 6.54 Å². The second-order valence-electron chi connectivity index (χ2n) is 4.72. The molecule has 5 heteroatoms. The lowest BCUT2D eigenvalue weighted by atomic mass is 9.98. The van der Waals surface area contributed by atoms with Gasteiger partial charge in [-0.3, -0.25) is 0 Å². The molecule has 0 saturated heterocycles. The lowest BCUT2D eigenvalue weighted by molar-refractivity contribution is 0.543. The zero-order chi connectivity index (χ0) is 15.4. The fraction of sp³-hybridized carbons (Fsp3) is 0.250. The van der Waals surface area contributed by atoms with Gasteiger partial charge in [-0.25, -0.2) is 8.78 Å². The quantitative estimate of drug-likeness (QED) is 0.596. The topological polar surface area (TPSA) is 12.0 Å². The van der Waals surface area contributed by atoms with Gasteiger partial charge in [0.05, 0.1) is 0 Å². The summed E-state index contributed by atoms with van der Waals surface area (Å²) >= 11 is 5.55. The van der Waals surface area contributed by atoms with Crippen LogP contribution in [0.2, 0.25) is 0 Å². The summed E-state index contributed by atoms with van der Waals surface area (Å²) < 4.78 is 28.1. The molecule has 1 nitrogen and oxygen atoms in total. The van der Waals surface area contributed by atoms with E-state index in [1.54, 1.807) is 6.07 Å². The predicted molar refractivity (Wildman–Crippen MR) is 93.3 cm³/mol. The maximum Gasteiger partial charge on any atom is 0.124 e. The molecule has 112 valence electrons. The Hall–Kier alpha value is -0.530. The van der Waals surface area contributed by atoms with E-state index in [0.29, 0.717) is 6.42 Å². The van der Waals surface area contributed by atoms with Crippen molar-refractivity contribution >= 4 is 38.5 Å². The highest BCUT2D eigenvalue weighted by Gasteiger charge is 2.16. The first-order valence-corrected chi connectivity index (χ1v) is 8.50. The lowest BCUT2D eigenvalue weighted by Crippen LogP contribution is -2.24. The first kappa shape index (κ1) is 16.8. The normalized spacial score (nSPS) is 12.4. The predicted octanol–water partition coefficient (Wildman–Crippen LogP) is 5.23. The van der Waals surface area contributed by atoms with E-state index < -0.39 is 0 Å². The molecule has 1 N–H and O–H groups in total. The number of rotatable bonds is 5. The highest BCUT2D eigenvalue weighted by Crippen LogP contribution is 2.27. The zero-order valence-corrected chi connectivity index (χ0v) is 15.2. The Labute approximate surface area is 145 Å². The molecule has 0 amide bonds. The summed E-state index contributed by atoms with van der Waals surface area (Å²) in [6.07, 6.45) is 0.705. The molecule has 1 atom stereocenters. The van der Waals surface area contributed by atoms with Crippen LogP contribution < -0.4 is 5.32 Å². The Kier molecular flexibility index (Phi) is 6.13. The average molecular weight is 466 g/mol. The van der Waals surface area contributed by atoms with Crippen LogP contribution in [0.1, 0.15) is 24.1 Å². The minimum Gasteiger partial charge on any atom is -0.310 e. The zero-order valence-electron chi connectivity index (χ0n) is 11.5. The van der Waals surface area contributed by atoms with Crippen LogP contribution in [0.15, 0.2) is 40.9 Å². The largest absolute Gasteiger partial charge is 0.310 e. The number of benzene rings is 2. The van der Waals surface area contributed by atoms with Crippen LogP contribution in [-0.4, -0.2) is 6.54 Å². The molecule has 0 radical (unpaired) electrons. The lowest BCUT2D eigenvalue weighted by Gasteiger charge is -2.20. The highest BCUT2D eigenvalue weighted by molar-refractivity contribution is 14.1. The molecule has 0 aliphatic rings. The van der Waals surface area contributed by atoms with Crippen LogP contribution in [0.3, 0.4) is 0 Å². The Morgan fingerprint density at radius 2 is 1.81 bits per heavy atom. The molecule has 21 heavy (non-hydrogen) atoms. The van der Waals surface area contributed by atoms with Crippen LogP contribution in [-0.2, 0) is 6.42 Å². The van der Waals surface area contributed by atoms with Gasteiger partial charge in [0.2, 0.25) is 0 Å². The third-order valence-corrected chi connectivity index (χ3v) is 4.90. The Balaban J connectivity index is 2.30. The number of hydrogen-bond donors (Lipinski definition) is 1. The van der Waals surface area contributed by atoms with Crippen LogP contribution in [0.5, 0.6) is 0 Å². The van der Waals surface area contributed by atoms with E-state index >= 15 is 0 Å². The summed E-state index contributed by atoms with van der Waals surface area (Å²) in [4.78, 5) is 0. The standard InChI is InChI=1S/C16H15BrF2IN/c1-2-21-16(13-6-5-12(19)9-15(13)20)7-10-3-4-11(18)8-14(10)17/h3-6,8-9,16,21H,2,7H2,1H3. The molecule has 0 saturated carbocycles. The molecule has 0 spiro atoms. The van der Waals surface area contributed by atoms with Gasteiger partial charge in [0.25, 0.3) is 0 Å². The van der Waals surface area contributed by atoms with E-state index in [9.17, 15) is 8.78 Å². The molecule has 0 bridgehead atoms. The molecule has 2 aromatic carbocycles. The third kappa shape index (κ3) is 4.47. The molecule has 0 aromatic heterocycles. The summed E-state index contributed by atoms with van der Waals surface area (Å²) in [5.41, 5.74) is 2.07. The molecule has 0 aliphatic carbocycles. The van der Waals surface area contributed by atoms with Crippen molar-refractivity contribution in [3.8, 4) is 0 Å². The van der Waals surface area contributed by atoms with Crippen molar-refractivity contribution in [1.82, 2.24) is 5.32 Å². The molecule has 0 fully saturated rings. The maximum absolute atomic E-state index is 13.3. The van der Waals surface area contributed by atoms with Gasteiger partial charge in [-0.05, 0) is 70.9 Å². The van der Waals surface area contributed by atoms with Gasteiger partial charge in [-0.1, -0.05) is 35.0 Å². The average Bonchev–Trinajstić information content (AvgIpc) is 2.41.